The van der Waals surface area contributed by atoms with Gasteiger partial charge < -0.3 is 42.5 Å². The van der Waals surface area contributed by atoms with Crippen LogP contribution in [0.25, 0.3) is 0 Å². The smallest absolute Gasteiger partial charge is 0.354 e. The van der Waals surface area contributed by atoms with E-state index in [1.165, 1.54) is 12.3 Å². The average molecular weight is 641 g/mol. The summed E-state index contributed by atoms with van der Waals surface area (Å²) in [6.07, 6.45) is 3.93. The molecule has 2 amide bonds. The van der Waals surface area contributed by atoms with E-state index >= 15 is 0 Å². The number of aryl methyl sites for hydroxylation is 1. The van der Waals surface area contributed by atoms with Crippen molar-refractivity contribution in [1.29, 1.82) is 0 Å². The highest BCUT2D eigenvalue weighted by Crippen LogP contribution is 2.35. The minimum atomic E-state index is -1.99. The molecule has 2 fully saturated rings. The summed E-state index contributed by atoms with van der Waals surface area (Å²) >= 11 is 1.07. The molecule has 0 spiro atoms. The molecule has 3 atom stereocenters. The van der Waals surface area contributed by atoms with Crippen molar-refractivity contribution < 1.29 is 29.1 Å². The number of nitrogen functional groups attached to an aromatic ring is 1. The molecule has 1 saturated heterocycles. The maximum atomic E-state index is 13.3. The number of nitrogens with one attached hydrogen (secondary N) is 2. The Hall–Kier alpha value is -4.24. The Morgan fingerprint density at radius 1 is 1.27 bits per heavy atom. The highest BCUT2D eigenvalue weighted by molar-refractivity contribution is 7.13. The molecule has 15 heteroatoms. The molecule has 3 heterocycles. The third kappa shape index (κ3) is 6.88. The molecular formula is C30H40N8O6S. The van der Waals surface area contributed by atoms with Gasteiger partial charge in [-0.3, -0.25) is 14.6 Å². The Balaban J connectivity index is 1.31. The van der Waals surface area contributed by atoms with Crippen LogP contribution in [0.5, 0.6) is 5.75 Å². The second-order valence-corrected chi connectivity index (χ2v) is 13.5. The number of nitrogens with zero attached hydrogens (tertiary/aromatic N) is 3. The number of carboxylic acid groups (broad SMARTS) is 1. The van der Waals surface area contributed by atoms with Crippen LogP contribution in [-0.2, 0) is 25.6 Å². The van der Waals surface area contributed by atoms with E-state index in [0.717, 1.165) is 48.1 Å². The average Bonchev–Trinajstić information content (AvgIpc) is 3.44. The topological polar surface area (TPSA) is 230 Å². The number of anilines is 1. The van der Waals surface area contributed by atoms with Crippen LogP contribution in [0.15, 0.2) is 33.7 Å². The van der Waals surface area contributed by atoms with Crippen molar-refractivity contribution >= 4 is 45.8 Å². The van der Waals surface area contributed by atoms with E-state index in [0.29, 0.717) is 30.5 Å². The highest BCUT2D eigenvalue weighted by Gasteiger charge is 2.50. The molecule has 14 nitrogen and oxygen atoms in total. The van der Waals surface area contributed by atoms with E-state index in [9.17, 15) is 19.5 Å². The summed E-state index contributed by atoms with van der Waals surface area (Å²) in [5, 5.41) is 21.2. The van der Waals surface area contributed by atoms with Gasteiger partial charge in [0.25, 0.3) is 11.5 Å². The van der Waals surface area contributed by atoms with Crippen molar-refractivity contribution in [1.82, 2.24) is 15.6 Å². The number of oxime groups is 1. The molecule has 0 bridgehead atoms. The lowest BCUT2D eigenvalue weighted by Crippen LogP contribution is -2.75. The number of thiazole rings is 1. The van der Waals surface area contributed by atoms with E-state index in [-0.39, 0.29) is 34.9 Å². The monoisotopic (exact) mass is 640 g/mol. The third-order valence-electron chi connectivity index (χ3n) is 8.76. The third-order valence-corrected chi connectivity index (χ3v) is 9.44. The SMILES string of the molecule is CC1(C)NC(=O)C1NC(=O)/C(=N\O[C@](C)(C(=O)O)[C@H]1CCc2cc(C(N)=NCC3CCC(N)CC3)ccc2O1)c1csc(N)n1. The fourth-order valence-electron chi connectivity index (χ4n) is 5.76. The van der Waals surface area contributed by atoms with Crippen LogP contribution in [-0.4, -0.2) is 75.3 Å². The van der Waals surface area contributed by atoms with Crippen LogP contribution >= 0.6 is 11.3 Å². The fourth-order valence-corrected chi connectivity index (χ4v) is 6.31. The summed E-state index contributed by atoms with van der Waals surface area (Å²) in [5.74, 6) is -1.05. The number of carbonyl (C=O) groups is 3. The van der Waals surface area contributed by atoms with Crippen molar-refractivity contribution in [2.45, 2.75) is 88.6 Å². The van der Waals surface area contributed by atoms with Crippen LogP contribution in [0.2, 0.25) is 0 Å². The summed E-state index contributed by atoms with van der Waals surface area (Å²) < 4.78 is 6.14. The van der Waals surface area contributed by atoms with Gasteiger partial charge in [-0.2, -0.15) is 0 Å². The molecule has 1 aromatic carbocycles. The van der Waals surface area contributed by atoms with Gasteiger partial charge in [-0.15, -0.1) is 11.3 Å². The maximum absolute atomic E-state index is 13.3. The van der Waals surface area contributed by atoms with Gasteiger partial charge in [0.1, 0.15) is 23.3 Å². The Kier molecular flexibility index (Phi) is 9.03. The zero-order chi connectivity index (χ0) is 32.5. The van der Waals surface area contributed by atoms with Gasteiger partial charge in [0, 0.05) is 23.5 Å². The van der Waals surface area contributed by atoms with Crippen molar-refractivity contribution in [3.05, 3.63) is 40.4 Å². The van der Waals surface area contributed by atoms with E-state index in [1.54, 1.807) is 26.0 Å². The Morgan fingerprint density at radius 3 is 2.62 bits per heavy atom. The molecule has 3 aliphatic rings. The summed E-state index contributed by atoms with van der Waals surface area (Å²) in [4.78, 5) is 52.3. The number of nitrogens with two attached hydrogens (primary N) is 3. The molecule has 5 rings (SSSR count). The normalized spacial score (nSPS) is 25.9. The Labute approximate surface area is 264 Å². The Morgan fingerprint density at radius 2 is 2.00 bits per heavy atom. The second-order valence-electron chi connectivity index (χ2n) is 12.6. The van der Waals surface area contributed by atoms with Crippen molar-refractivity contribution in [2.75, 3.05) is 12.3 Å². The van der Waals surface area contributed by atoms with Gasteiger partial charge in [0.2, 0.25) is 5.91 Å². The standard InChI is InChI=1S/C30H40N8O6S/c1-29(2)23(26(40)37-29)36-25(39)22(19-14-45-28(33)35-19)38-44-30(3,27(41)42)21-11-7-16-12-17(6-10-20(16)43-21)24(32)34-13-15-4-8-18(31)9-5-15/h6,10,12,14-15,18,21,23H,4-5,7-9,11,13,31H2,1-3H3,(H2,32,34)(H2,33,35)(H,36,39)(H,37,40)(H,41,42)/b38-22-/t15?,18?,21-,23?,30+/m1/s1. The minimum Gasteiger partial charge on any atom is -0.485 e. The summed E-state index contributed by atoms with van der Waals surface area (Å²) in [6.45, 7) is 5.50. The van der Waals surface area contributed by atoms with Gasteiger partial charge in [-0.05, 0) is 89.0 Å². The van der Waals surface area contributed by atoms with Gasteiger partial charge in [-0.25, -0.2) is 9.78 Å². The lowest BCUT2D eigenvalue weighted by atomic mass is 9.85. The Bertz CT molecular complexity index is 1530. The summed E-state index contributed by atoms with van der Waals surface area (Å²) in [7, 11) is 0. The number of aromatic nitrogens is 1. The number of rotatable bonds is 10. The number of aliphatic carboxylic acids is 1. The maximum Gasteiger partial charge on any atom is 0.354 e. The number of amidine groups is 1. The number of hydrogen-bond donors (Lipinski definition) is 6. The van der Waals surface area contributed by atoms with Gasteiger partial charge in [0.05, 0.1) is 5.54 Å². The molecular weight excluding hydrogens is 600 g/mol. The predicted octanol–water partition coefficient (Wildman–Crippen LogP) is 1.30. The number of amides is 2. The molecule has 2 aromatic rings. The number of carboxylic acids is 1. The van der Waals surface area contributed by atoms with Crippen molar-refractivity contribution in [3.8, 4) is 5.75 Å². The zero-order valence-corrected chi connectivity index (χ0v) is 26.4. The number of fused-ring (bicyclic) bond motifs is 1. The van der Waals surface area contributed by atoms with Gasteiger partial charge >= 0.3 is 5.97 Å². The van der Waals surface area contributed by atoms with Gasteiger partial charge in [-0.1, -0.05) is 5.16 Å². The molecule has 242 valence electrons. The number of β-lactam (4-membered cyclic amide) rings is 1. The lowest BCUT2D eigenvalue weighted by molar-refractivity contribution is -0.178. The molecule has 9 N–H and O–H groups in total. The number of carbonyl (C=O) groups excluding carboxylic acids is 2. The van der Waals surface area contributed by atoms with Gasteiger partial charge in [0.15, 0.2) is 16.9 Å². The molecule has 1 saturated carbocycles. The first-order valence-corrected chi connectivity index (χ1v) is 15.8. The van der Waals surface area contributed by atoms with E-state index in [1.807, 2.05) is 6.07 Å². The minimum absolute atomic E-state index is 0.0778. The first-order valence-electron chi connectivity index (χ1n) is 15.0. The molecule has 1 unspecified atom stereocenters. The van der Waals surface area contributed by atoms with E-state index in [2.05, 4.69) is 25.8 Å². The summed E-state index contributed by atoms with van der Waals surface area (Å²) in [5.41, 5.74) is 16.8. The fraction of sp³-hybridized carbons (Fsp3) is 0.533. The largest absolute Gasteiger partial charge is 0.485 e. The predicted molar refractivity (Wildman–Crippen MR) is 169 cm³/mol. The van der Waals surface area contributed by atoms with Crippen LogP contribution in [0.4, 0.5) is 5.13 Å². The number of benzene rings is 1. The molecule has 0 radical (unpaired) electrons. The van der Waals surface area contributed by atoms with Crippen LogP contribution in [0, 0.1) is 5.92 Å². The van der Waals surface area contributed by atoms with Crippen LogP contribution in [0.1, 0.15) is 69.7 Å². The van der Waals surface area contributed by atoms with Crippen molar-refractivity contribution in [3.63, 3.8) is 0 Å². The first kappa shape index (κ1) is 32.2. The van der Waals surface area contributed by atoms with E-state index in [4.69, 9.17) is 26.8 Å². The zero-order valence-electron chi connectivity index (χ0n) is 25.5. The summed E-state index contributed by atoms with van der Waals surface area (Å²) in [6, 6.07) is 4.89. The first-order chi connectivity index (χ1) is 21.3. The quantitative estimate of drug-likeness (QED) is 0.0943. The second kappa shape index (κ2) is 12.6. The van der Waals surface area contributed by atoms with Crippen molar-refractivity contribution in [2.24, 2.45) is 27.5 Å². The number of ether oxygens (including phenoxy) is 1. The highest BCUT2D eigenvalue weighted by atomic mass is 32.1. The molecule has 2 aliphatic heterocycles. The molecule has 1 aliphatic carbocycles. The lowest BCUT2D eigenvalue weighted by Gasteiger charge is -2.44. The van der Waals surface area contributed by atoms with E-state index < -0.39 is 35.2 Å². The number of hydrogen-bond acceptors (Lipinski definition) is 11. The molecule has 1 aromatic heterocycles. The number of aliphatic imine (C=N–C) groups is 1. The van der Waals surface area contributed by atoms with Crippen LogP contribution in [0.3, 0.4) is 0 Å². The molecule has 45 heavy (non-hydrogen) atoms. The van der Waals surface area contributed by atoms with Crippen LogP contribution < -0.4 is 32.6 Å².